The summed E-state index contributed by atoms with van der Waals surface area (Å²) in [6, 6.07) is 16.3. The van der Waals surface area contributed by atoms with Gasteiger partial charge in [-0.2, -0.15) is 5.26 Å². The Morgan fingerprint density at radius 2 is 1.89 bits per heavy atom. The Bertz CT molecular complexity index is 617. The molecule has 96 valence electrons. The third kappa shape index (κ3) is 3.71. The third-order valence-electron chi connectivity index (χ3n) is 2.84. The summed E-state index contributed by atoms with van der Waals surface area (Å²) < 4.78 is 2.18. The Labute approximate surface area is 135 Å². The average Bonchev–Trinajstić information content (AvgIpc) is 2.39. The van der Waals surface area contributed by atoms with E-state index in [1.54, 1.807) is 0 Å². The van der Waals surface area contributed by atoms with Gasteiger partial charge in [0.25, 0.3) is 0 Å². The van der Waals surface area contributed by atoms with Crippen LogP contribution in [0.5, 0.6) is 0 Å². The number of hydrogen-bond acceptors (Lipinski definition) is 2. The summed E-state index contributed by atoms with van der Waals surface area (Å²) in [6.45, 7) is 2.09. The summed E-state index contributed by atoms with van der Waals surface area (Å²) in [5, 5.41) is 12.5. The van der Waals surface area contributed by atoms with Gasteiger partial charge in [-0.1, -0.05) is 28.1 Å². The molecule has 0 radical (unpaired) electrons. The summed E-state index contributed by atoms with van der Waals surface area (Å²) in [4.78, 5) is 0. The largest absolute Gasteiger partial charge is 0.377 e. The van der Waals surface area contributed by atoms with Gasteiger partial charge in [0, 0.05) is 14.1 Å². The van der Waals surface area contributed by atoms with Crippen molar-refractivity contribution in [1.82, 2.24) is 0 Å². The van der Waals surface area contributed by atoms with E-state index >= 15 is 0 Å². The molecule has 2 aromatic carbocycles. The molecule has 0 bridgehead atoms. The Kier molecular flexibility index (Phi) is 4.83. The molecule has 2 nitrogen and oxygen atoms in total. The Morgan fingerprint density at radius 3 is 2.53 bits per heavy atom. The second kappa shape index (κ2) is 6.40. The van der Waals surface area contributed by atoms with Crippen molar-refractivity contribution in [3.63, 3.8) is 0 Å². The molecule has 0 spiro atoms. The summed E-state index contributed by atoms with van der Waals surface area (Å²) >= 11 is 5.72. The minimum absolute atomic E-state index is 0.151. The lowest BCUT2D eigenvalue weighted by Crippen LogP contribution is -2.07. The molecule has 0 aliphatic rings. The van der Waals surface area contributed by atoms with Crippen molar-refractivity contribution >= 4 is 44.2 Å². The van der Waals surface area contributed by atoms with Gasteiger partial charge >= 0.3 is 0 Å². The highest BCUT2D eigenvalue weighted by molar-refractivity contribution is 14.1. The average molecular weight is 427 g/mol. The van der Waals surface area contributed by atoms with Crippen LogP contribution >= 0.6 is 38.5 Å². The highest BCUT2D eigenvalue weighted by Gasteiger charge is 2.08. The van der Waals surface area contributed by atoms with E-state index in [1.807, 2.05) is 18.2 Å². The van der Waals surface area contributed by atoms with Gasteiger partial charge in [0.15, 0.2) is 0 Å². The van der Waals surface area contributed by atoms with Crippen LogP contribution in [0.1, 0.15) is 24.1 Å². The van der Waals surface area contributed by atoms with Gasteiger partial charge in [0.2, 0.25) is 0 Å². The van der Waals surface area contributed by atoms with Crippen LogP contribution in [0.25, 0.3) is 0 Å². The molecular weight excluding hydrogens is 415 g/mol. The van der Waals surface area contributed by atoms with Gasteiger partial charge in [-0.25, -0.2) is 0 Å². The molecule has 0 aliphatic heterocycles. The number of benzene rings is 2. The Balaban J connectivity index is 2.23. The first-order valence-electron chi connectivity index (χ1n) is 5.82. The molecule has 19 heavy (non-hydrogen) atoms. The van der Waals surface area contributed by atoms with Gasteiger partial charge in [-0.3, -0.25) is 0 Å². The van der Waals surface area contributed by atoms with E-state index in [4.69, 9.17) is 5.26 Å². The number of rotatable bonds is 3. The quantitative estimate of drug-likeness (QED) is 0.693. The fraction of sp³-hybridized carbons (Fsp3) is 0.133. The zero-order valence-electron chi connectivity index (χ0n) is 10.3. The monoisotopic (exact) mass is 426 g/mol. The maximum Gasteiger partial charge on any atom is 0.101 e. The number of nitrogens with one attached hydrogen (secondary N) is 1. The SMILES string of the molecule is CC(Nc1cc(Br)ccc1C#N)c1ccc(I)cc1. The molecule has 2 rings (SSSR count). The van der Waals surface area contributed by atoms with Crippen molar-refractivity contribution in [2.75, 3.05) is 5.32 Å². The van der Waals surface area contributed by atoms with Crippen LogP contribution in [-0.4, -0.2) is 0 Å². The summed E-state index contributed by atoms with van der Waals surface area (Å²) in [5.74, 6) is 0. The molecule has 0 heterocycles. The smallest absolute Gasteiger partial charge is 0.101 e. The second-order valence-corrected chi connectivity index (χ2v) is 6.38. The lowest BCUT2D eigenvalue weighted by molar-refractivity contribution is 0.883. The van der Waals surface area contributed by atoms with Gasteiger partial charge in [-0.15, -0.1) is 0 Å². The molecule has 0 saturated heterocycles. The minimum Gasteiger partial charge on any atom is -0.377 e. The zero-order valence-corrected chi connectivity index (χ0v) is 14.1. The van der Waals surface area contributed by atoms with Crippen molar-refractivity contribution in [1.29, 1.82) is 5.26 Å². The minimum atomic E-state index is 0.151. The van der Waals surface area contributed by atoms with Crippen LogP contribution in [0.2, 0.25) is 0 Å². The third-order valence-corrected chi connectivity index (χ3v) is 4.06. The topological polar surface area (TPSA) is 35.8 Å². The van der Waals surface area contributed by atoms with Crippen LogP contribution in [0.3, 0.4) is 0 Å². The summed E-state index contributed by atoms with van der Waals surface area (Å²) in [6.07, 6.45) is 0. The maximum atomic E-state index is 9.12. The van der Waals surface area contributed by atoms with E-state index in [1.165, 1.54) is 9.13 Å². The van der Waals surface area contributed by atoms with Crippen molar-refractivity contribution in [3.8, 4) is 6.07 Å². The van der Waals surface area contributed by atoms with E-state index in [9.17, 15) is 0 Å². The van der Waals surface area contributed by atoms with E-state index in [0.29, 0.717) is 5.56 Å². The molecule has 1 atom stereocenters. The molecule has 4 heteroatoms. The van der Waals surface area contributed by atoms with Crippen LogP contribution in [-0.2, 0) is 0 Å². The number of nitriles is 1. The standard InChI is InChI=1S/C15H12BrIN2/c1-10(11-3-6-14(17)7-4-11)19-15-8-13(16)5-2-12(15)9-18/h2-8,10,19H,1H3. The molecule has 0 fully saturated rings. The Hall–Kier alpha value is -1.06. The predicted octanol–water partition coefficient (Wildman–Crippen LogP) is 5.10. The first-order chi connectivity index (χ1) is 9.10. The fourth-order valence-electron chi connectivity index (χ4n) is 1.80. The van der Waals surface area contributed by atoms with Crippen LogP contribution < -0.4 is 5.32 Å². The predicted molar refractivity (Wildman–Crippen MR) is 90.1 cm³/mol. The number of anilines is 1. The zero-order chi connectivity index (χ0) is 13.8. The summed E-state index contributed by atoms with van der Waals surface area (Å²) in [5.41, 5.74) is 2.70. The van der Waals surface area contributed by atoms with Crippen molar-refractivity contribution in [3.05, 3.63) is 61.6 Å². The van der Waals surface area contributed by atoms with Crippen molar-refractivity contribution < 1.29 is 0 Å². The van der Waals surface area contributed by atoms with Crippen molar-refractivity contribution in [2.24, 2.45) is 0 Å². The molecule has 0 amide bonds. The van der Waals surface area contributed by atoms with Crippen LogP contribution in [0, 0.1) is 14.9 Å². The molecular formula is C15H12BrIN2. The molecule has 1 unspecified atom stereocenters. The van der Waals surface area contributed by atoms with E-state index in [2.05, 4.69) is 81.1 Å². The highest BCUT2D eigenvalue weighted by Crippen LogP contribution is 2.25. The van der Waals surface area contributed by atoms with E-state index in [0.717, 1.165) is 10.2 Å². The summed E-state index contributed by atoms with van der Waals surface area (Å²) in [7, 11) is 0. The van der Waals surface area contributed by atoms with Gasteiger partial charge in [0.1, 0.15) is 6.07 Å². The van der Waals surface area contributed by atoms with Gasteiger partial charge in [-0.05, 0) is 65.4 Å². The first-order valence-corrected chi connectivity index (χ1v) is 7.69. The number of halogens is 2. The number of nitrogens with zero attached hydrogens (tertiary/aromatic N) is 1. The van der Waals surface area contributed by atoms with Crippen LogP contribution in [0.15, 0.2) is 46.9 Å². The molecule has 1 N–H and O–H groups in total. The van der Waals surface area contributed by atoms with Gasteiger partial charge < -0.3 is 5.32 Å². The van der Waals surface area contributed by atoms with Gasteiger partial charge in [0.05, 0.1) is 11.3 Å². The molecule has 0 aromatic heterocycles. The molecule has 2 aromatic rings. The first kappa shape index (κ1) is 14.4. The van der Waals surface area contributed by atoms with Crippen LogP contribution in [0.4, 0.5) is 5.69 Å². The normalized spacial score (nSPS) is 11.7. The lowest BCUT2D eigenvalue weighted by atomic mass is 10.1. The lowest BCUT2D eigenvalue weighted by Gasteiger charge is -2.17. The fourth-order valence-corrected chi connectivity index (χ4v) is 2.52. The Morgan fingerprint density at radius 1 is 1.21 bits per heavy atom. The molecule has 0 aliphatic carbocycles. The highest BCUT2D eigenvalue weighted by atomic mass is 127. The maximum absolute atomic E-state index is 9.12. The van der Waals surface area contributed by atoms with E-state index in [-0.39, 0.29) is 6.04 Å². The van der Waals surface area contributed by atoms with Crippen molar-refractivity contribution in [2.45, 2.75) is 13.0 Å². The second-order valence-electron chi connectivity index (χ2n) is 4.22. The molecule has 0 saturated carbocycles. The van der Waals surface area contributed by atoms with E-state index < -0.39 is 0 Å². The number of hydrogen-bond donors (Lipinski definition) is 1.